The van der Waals surface area contributed by atoms with E-state index in [0.29, 0.717) is 10.9 Å². The first-order chi connectivity index (χ1) is 10.7. The molecule has 0 aliphatic carbocycles. The molecule has 1 rings (SSSR count). The van der Waals surface area contributed by atoms with Crippen molar-refractivity contribution >= 4 is 28.9 Å². The summed E-state index contributed by atoms with van der Waals surface area (Å²) < 4.78 is 5.70. The van der Waals surface area contributed by atoms with E-state index in [-0.39, 0.29) is 0 Å². The Hall–Kier alpha value is -0.820. The van der Waals surface area contributed by atoms with E-state index in [4.69, 9.17) is 16.3 Å². The number of aliphatic imine (C=N–C) groups is 1. The molecule has 7 heteroatoms. The lowest BCUT2D eigenvalue weighted by atomic mass is 10.2. The average molecular weight is 348 g/mol. The molecule has 0 aliphatic rings. The SMILES string of the molecule is CCNC(=NCC(O)c1ccc(Cl)s1)NCCCCCOC. The van der Waals surface area contributed by atoms with Gasteiger partial charge in [-0.1, -0.05) is 11.6 Å². The number of methoxy groups -OCH3 is 1. The summed E-state index contributed by atoms with van der Waals surface area (Å²) >= 11 is 7.26. The van der Waals surface area contributed by atoms with Crippen LogP contribution in [-0.2, 0) is 4.74 Å². The molecule has 0 bridgehead atoms. The number of aliphatic hydroxyl groups excluding tert-OH is 1. The van der Waals surface area contributed by atoms with Crippen LogP contribution in [0.25, 0.3) is 0 Å². The minimum Gasteiger partial charge on any atom is -0.386 e. The number of guanidine groups is 1. The fraction of sp³-hybridized carbons (Fsp3) is 0.667. The van der Waals surface area contributed by atoms with Gasteiger partial charge in [0.25, 0.3) is 0 Å². The molecule has 0 radical (unpaired) electrons. The third-order valence-corrected chi connectivity index (χ3v) is 4.34. The molecule has 0 spiro atoms. The van der Waals surface area contributed by atoms with E-state index < -0.39 is 6.10 Å². The van der Waals surface area contributed by atoms with Crippen molar-refractivity contribution in [3.05, 3.63) is 21.3 Å². The van der Waals surface area contributed by atoms with Crippen molar-refractivity contribution < 1.29 is 9.84 Å². The van der Waals surface area contributed by atoms with Crippen LogP contribution in [0.4, 0.5) is 0 Å². The highest BCUT2D eigenvalue weighted by Gasteiger charge is 2.10. The monoisotopic (exact) mass is 347 g/mol. The maximum Gasteiger partial charge on any atom is 0.191 e. The zero-order chi connectivity index (χ0) is 16.2. The van der Waals surface area contributed by atoms with Crippen LogP contribution in [0, 0.1) is 0 Å². The van der Waals surface area contributed by atoms with Gasteiger partial charge < -0.3 is 20.5 Å². The molecule has 0 saturated carbocycles. The second-order valence-corrected chi connectivity index (χ2v) is 6.60. The Bertz CT molecular complexity index is 440. The largest absolute Gasteiger partial charge is 0.386 e. The molecular weight excluding hydrogens is 322 g/mol. The molecular formula is C15H26ClN3O2S. The molecule has 0 aliphatic heterocycles. The summed E-state index contributed by atoms with van der Waals surface area (Å²) in [6.45, 7) is 4.79. The van der Waals surface area contributed by atoms with E-state index >= 15 is 0 Å². The first kappa shape index (κ1) is 19.2. The highest BCUT2D eigenvalue weighted by Crippen LogP contribution is 2.26. The second kappa shape index (κ2) is 11.7. The maximum absolute atomic E-state index is 10.1. The topological polar surface area (TPSA) is 65.9 Å². The lowest BCUT2D eigenvalue weighted by Crippen LogP contribution is -2.38. The number of aliphatic hydroxyl groups is 1. The van der Waals surface area contributed by atoms with Gasteiger partial charge in [-0.2, -0.15) is 0 Å². The number of halogens is 1. The van der Waals surface area contributed by atoms with Gasteiger partial charge in [0.05, 0.1) is 10.9 Å². The Labute approximate surface area is 141 Å². The molecule has 1 atom stereocenters. The molecule has 0 aromatic carbocycles. The minimum absolute atomic E-state index is 0.315. The van der Waals surface area contributed by atoms with Gasteiger partial charge in [-0.3, -0.25) is 4.99 Å². The van der Waals surface area contributed by atoms with Gasteiger partial charge in [0.2, 0.25) is 0 Å². The number of thiophene rings is 1. The summed E-state index contributed by atoms with van der Waals surface area (Å²) in [7, 11) is 1.72. The van der Waals surface area contributed by atoms with Crippen LogP contribution in [0.5, 0.6) is 0 Å². The number of hydrogen-bond acceptors (Lipinski definition) is 4. The smallest absolute Gasteiger partial charge is 0.191 e. The molecule has 1 heterocycles. The lowest BCUT2D eigenvalue weighted by molar-refractivity contribution is 0.190. The molecule has 0 saturated heterocycles. The molecule has 1 unspecified atom stereocenters. The molecule has 1 aromatic rings. The number of hydrogen-bond donors (Lipinski definition) is 3. The minimum atomic E-state index is -0.616. The van der Waals surface area contributed by atoms with Gasteiger partial charge in [0, 0.05) is 31.7 Å². The third kappa shape index (κ3) is 7.98. The molecule has 1 aromatic heterocycles. The number of ether oxygens (including phenoxy) is 1. The van der Waals surface area contributed by atoms with Crippen LogP contribution in [0.1, 0.15) is 37.2 Å². The van der Waals surface area contributed by atoms with E-state index in [2.05, 4.69) is 15.6 Å². The van der Waals surface area contributed by atoms with Crippen molar-refractivity contribution in [2.45, 2.75) is 32.3 Å². The molecule has 0 fully saturated rings. The van der Waals surface area contributed by atoms with Crippen molar-refractivity contribution in [2.75, 3.05) is 33.4 Å². The zero-order valence-electron chi connectivity index (χ0n) is 13.3. The van der Waals surface area contributed by atoms with Gasteiger partial charge >= 0.3 is 0 Å². The molecule has 5 nitrogen and oxygen atoms in total. The number of rotatable bonds is 10. The second-order valence-electron chi connectivity index (χ2n) is 4.86. The predicted octanol–water partition coefficient (Wildman–Crippen LogP) is 2.81. The third-order valence-electron chi connectivity index (χ3n) is 3.01. The standard InChI is InChI=1S/C15H26ClN3O2S/c1-3-17-15(18-9-5-4-6-10-21-2)19-11-12(20)13-7-8-14(16)22-13/h7-8,12,20H,3-6,9-11H2,1-2H3,(H2,17,18,19). The van der Waals surface area contributed by atoms with Crippen LogP contribution in [-0.4, -0.2) is 44.4 Å². The first-order valence-corrected chi connectivity index (χ1v) is 8.81. The van der Waals surface area contributed by atoms with Crippen molar-refractivity contribution in [3.63, 3.8) is 0 Å². The lowest BCUT2D eigenvalue weighted by Gasteiger charge is -2.12. The average Bonchev–Trinajstić information content (AvgIpc) is 2.94. The highest BCUT2D eigenvalue weighted by atomic mass is 35.5. The van der Waals surface area contributed by atoms with E-state index in [1.54, 1.807) is 13.2 Å². The van der Waals surface area contributed by atoms with Crippen LogP contribution in [0.15, 0.2) is 17.1 Å². The highest BCUT2D eigenvalue weighted by molar-refractivity contribution is 7.16. The fourth-order valence-electron chi connectivity index (χ4n) is 1.87. The maximum atomic E-state index is 10.1. The normalized spacial score (nSPS) is 13.2. The van der Waals surface area contributed by atoms with Gasteiger partial charge in [-0.05, 0) is 38.3 Å². The molecule has 22 heavy (non-hydrogen) atoms. The summed E-state index contributed by atoms with van der Waals surface area (Å²) in [6.07, 6.45) is 2.64. The van der Waals surface area contributed by atoms with E-state index in [1.807, 2.05) is 13.0 Å². The van der Waals surface area contributed by atoms with Crippen LogP contribution >= 0.6 is 22.9 Å². The van der Waals surface area contributed by atoms with E-state index in [1.165, 1.54) is 11.3 Å². The van der Waals surface area contributed by atoms with Crippen molar-refractivity contribution in [1.82, 2.24) is 10.6 Å². The van der Waals surface area contributed by atoms with Gasteiger partial charge in [0.1, 0.15) is 6.10 Å². The number of unbranched alkanes of at least 4 members (excludes halogenated alkanes) is 2. The Morgan fingerprint density at radius 1 is 1.36 bits per heavy atom. The van der Waals surface area contributed by atoms with Crippen molar-refractivity contribution in [1.29, 1.82) is 0 Å². The van der Waals surface area contributed by atoms with Crippen LogP contribution in [0.2, 0.25) is 4.34 Å². The summed E-state index contributed by atoms with van der Waals surface area (Å²) in [5, 5.41) is 16.5. The quantitative estimate of drug-likeness (QED) is 0.346. The Morgan fingerprint density at radius 2 is 2.18 bits per heavy atom. The Kier molecular flexibility index (Phi) is 10.2. The Morgan fingerprint density at radius 3 is 2.82 bits per heavy atom. The molecule has 3 N–H and O–H groups in total. The Balaban J connectivity index is 2.34. The van der Waals surface area contributed by atoms with Gasteiger partial charge in [-0.25, -0.2) is 0 Å². The molecule has 126 valence electrons. The molecule has 0 amide bonds. The van der Waals surface area contributed by atoms with Crippen LogP contribution < -0.4 is 10.6 Å². The summed E-state index contributed by atoms with van der Waals surface area (Å²) in [5.41, 5.74) is 0. The van der Waals surface area contributed by atoms with Crippen molar-refractivity contribution in [2.24, 2.45) is 4.99 Å². The van der Waals surface area contributed by atoms with Gasteiger partial charge in [0.15, 0.2) is 5.96 Å². The van der Waals surface area contributed by atoms with Crippen molar-refractivity contribution in [3.8, 4) is 0 Å². The van der Waals surface area contributed by atoms with E-state index in [9.17, 15) is 5.11 Å². The van der Waals surface area contributed by atoms with E-state index in [0.717, 1.165) is 49.8 Å². The zero-order valence-corrected chi connectivity index (χ0v) is 14.8. The number of nitrogens with zero attached hydrogens (tertiary/aromatic N) is 1. The summed E-state index contributed by atoms with van der Waals surface area (Å²) in [4.78, 5) is 5.25. The van der Waals surface area contributed by atoms with Gasteiger partial charge in [-0.15, -0.1) is 11.3 Å². The summed E-state index contributed by atoms with van der Waals surface area (Å²) in [5.74, 6) is 0.732. The number of nitrogens with one attached hydrogen (secondary N) is 2. The fourth-order valence-corrected chi connectivity index (χ4v) is 2.91. The van der Waals surface area contributed by atoms with Crippen LogP contribution in [0.3, 0.4) is 0 Å². The summed E-state index contributed by atoms with van der Waals surface area (Å²) in [6, 6.07) is 3.63. The first-order valence-electron chi connectivity index (χ1n) is 7.61. The predicted molar refractivity (Wildman–Crippen MR) is 94.0 cm³/mol.